The van der Waals surface area contributed by atoms with Crippen molar-refractivity contribution in [3.05, 3.63) is 103 Å². The zero-order valence-electron chi connectivity index (χ0n) is 23.2. The average molecular weight is 543 g/mol. The number of thiophene rings is 1. The van der Waals surface area contributed by atoms with Crippen LogP contribution in [0.25, 0.3) is 54.1 Å². The molecule has 4 aromatic carbocycles. The number of benzene rings is 4. The minimum Gasteiger partial charge on any atom is -0.427 e. The summed E-state index contributed by atoms with van der Waals surface area (Å²) in [7, 11) is 0.421. The fourth-order valence-corrected chi connectivity index (χ4v) is 5.88. The van der Waals surface area contributed by atoms with E-state index in [1.807, 2.05) is 50.2 Å². The van der Waals surface area contributed by atoms with Crippen LogP contribution >= 0.6 is 11.3 Å². The van der Waals surface area contributed by atoms with Gasteiger partial charge < -0.3 is 9.76 Å². The van der Waals surface area contributed by atoms with Gasteiger partial charge in [-0.3, -0.25) is 0 Å². The van der Waals surface area contributed by atoms with Gasteiger partial charge in [0.15, 0.2) is 5.82 Å². The Balaban J connectivity index is 1.44. The first-order valence-electron chi connectivity index (χ1n) is 13.5. The van der Waals surface area contributed by atoms with E-state index in [9.17, 15) is 5.11 Å². The second-order valence-electron chi connectivity index (χ2n) is 11.2. The normalized spacial score (nSPS) is 12.2. The van der Waals surface area contributed by atoms with Crippen LogP contribution in [0.5, 0.6) is 0 Å². The summed E-state index contributed by atoms with van der Waals surface area (Å²) >= 11 is 1.76. The number of fused-ring (bicyclic) bond motifs is 3. The van der Waals surface area contributed by atoms with E-state index in [0.717, 1.165) is 33.5 Å². The summed E-state index contributed by atoms with van der Waals surface area (Å²) in [5.74, 6) is 0.704. The number of rotatable bonds is 7. The zero-order valence-corrected chi connectivity index (χ0v) is 24.0. The molecule has 2 aromatic heterocycles. The SMILES string of the molecule is CC(C)(O)C(C)(C)OBc1cccc2sc3cc(-c4nc(-c5ccccc5)cc(-c5ccccc5)n4)ccc3c12. The molecule has 0 aliphatic rings. The van der Waals surface area contributed by atoms with E-state index in [4.69, 9.17) is 14.6 Å². The van der Waals surface area contributed by atoms with Crippen molar-refractivity contribution in [3.8, 4) is 33.9 Å². The first kappa shape index (κ1) is 26.4. The lowest BCUT2D eigenvalue weighted by atomic mass is 9.80. The monoisotopic (exact) mass is 542 g/mol. The first-order valence-corrected chi connectivity index (χ1v) is 14.3. The predicted molar refractivity (Wildman–Crippen MR) is 169 cm³/mol. The molecule has 0 aliphatic carbocycles. The molecule has 6 aromatic rings. The van der Waals surface area contributed by atoms with Crippen molar-refractivity contribution in [2.24, 2.45) is 0 Å². The van der Waals surface area contributed by atoms with Crippen LogP contribution in [-0.2, 0) is 4.65 Å². The summed E-state index contributed by atoms with van der Waals surface area (Å²) in [4.78, 5) is 10.0. The van der Waals surface area contributed by atoms with E-state index < -0.39 is 11.2 Å². The van der Waals surface area contributed by atoms with Crippen molar-refractivity contribution in [1.82, 2.24) is 9.97 Å². The molecule has 0 atom stereocenters. The van der Waals surface area contributed by atoms with Crippen LogP contribution in [0, 0.1) is 0 Å². The Morgan fingerprint density at radius 2 is 1.30 bits per heavy atom. The molecule has 0 spiro atoms. The third kappa shape index (κ3) is 5.06. The second kappa shape index (κ2) is 10.3. The van der Waals surface area contributed by atoms with E-state index in [2.05, 4.69) is 66.7 Å². The molecule has 40 heavy (non-hydrogen) atoms. The Hall–Kier alpha value is -3.84. The highest BCUT2D eigenvalue weighted by atomic mass is 32.1. The quantitative estimate of drug-likeness (QED) is 0.214. The Bertz CT molecular complexity index is 1750. The van der Waals surface area contributed by atoms with Crippen molar-refractivity contribution in [3.63, 3.8) is 0 Å². The number of nitrogens with zero attached hydrogens (tertiary/aromatic N) is 2. The lowest BCUT2D eigenvalue weighted by Gasteiger charge is -2.37. The Morgan fingerprint density at radius 1 is 0.675 bits per heavy atom. The van der Waals surface area contributed by atoms with Gasteiger partial charge in [0, 0.05) is 26.1 Å². The number of hydrogen-bond acceptors (Lipinski definition) is 5. The van der Waals surface area contributed by atoms with Crippen LogP contribution in [0.4, 0.5) is 0 Å². The molecule has 0 saturated carbocycles. The van der Waals surface area contributed by atoms with Gasteiger partial charge in [-0.1, -0.05) is 84.9 Å². The van der Waals surface area contributed by atoms with Gasteiger partial charge in [-0.15, -0.1) is 11.3 Å². The molecule has 198 valence electrons. The van der Waals surface area contributed by atoms with Gasteiger partial charge in [-0.05, 0) is 62.1 Å². The van der Waals surface area contributed by atoms with Gasteiger partial charge >= 0.3 is 7.48 Å². The number of aromatic nitrogens is 2. The van der Waals surface area contributed by atoms with Crippen molar-refractivity contribution >= 4 is 44.5 Å². The lowest BCUT2D eigenvalue weighted by Crippen LogP contribution is -2.49. The third-order valence-electron chi connectivity index (χ3n) is 7.77. The van der Waals surface area contributed by atoms with E-state index in [-0.39, 0.29) is 0 Å². The summed E-state index contributed by atoms with van der Waals surface area (Å²) in [6, 6.07) is 35.4. The molecule has 0 bridgehead atoms. The minimum atomic E-state index is -0.959. The van der Waals surface area contributed by atoms with E-state index in [1.54, 1.807) is 25.2 Å². The highest BCUT2D eigenvalue weighted by Crippen LogP contribution is 2.36. The molecule has 0 saturated heterocycles. The van der Waals surface area contributed by atoms with Crippen molar-refractivity contribution < 1.29 is 9.76 Å². The molecular formula is C34H31BN2O2S. The van der Waals surface area contributed by atoms with Gasteiger partial charge in [0.1, 0.15) is 0 Å². The van der Waals surface area contributed by atoms with Crippen LogP contribution in [0.3, 0.4) is 0 Å². The minimum absolute atomic E-state index is 0.421. The highest BCUT2D eigenvalue weighted by molar-refractivity contribution is 7.26. The first-order chi connectivity index (χ1) is 19.2. The fourth-order valence-electron chi connectivity index (χ4n) is 4.68. The second-order valence-corrected chi connectivity index (χ2v) is 12.2. The van der Waals surface area contributed by atoms with Gasteiger partial charge in [0.2, 0.25) is 0 Å². The predicted octanol–water partition coefficient (Wildman–Crippen LogP) is 7.39. The molecule has 6 rings (SSSR count). The molecule has 1 N–H and O–H groups in total. The molecule has 2 heterocycles. The summed E-state index contributed by atoms with van der Waals surface area (Å²) in [5, 5.41) is 12.9. The molecule has 0 aliphatic heterocycles. The molecule has 4 nitrogen and oxygen atoms in total. The van der Waals surface area contributed by atoms with Gasteiger partial charge in [-0.25, -0.2) is 9.97 Å². The molecule has 6 heteroatoms. The van der Waals surface area contributed by atoms with Crippen molar-refractivity contribution in [2.45, 2.75) is 38.9 Å². The lowest BCUT2D eigenvalue weighted by molar-refractivity contribution is -0.0893. The molecule has 0 amide bonds. The average Bonchev–Trinajstić information content (AvgIpc) is 3.35. The van der Waals surface area contributed by atoms with Crippen LogP contribution in [0.2, 0.25) is 0 Å². The summed E-state index contributed by atoms with van der Waals surface area (Å²) in [5.41, 5.74) is 4.36. The van der Waals surface area contributed by atoms with Gasteiger partial charge in [-0.2, -0.15) is 0 Å². The van der Waals surface area contributed by atoms with E-state index in [0.29, 0.717) is 13.3 Å². The van der Waals surface area contributed by atoms with Crippen LogP contribution in [-0.4, -0.2) is 33.8 Å². The largest absolute Gasteiger partial charge is 0.427 e. The summed E-state index contributed by atoms with van der Waals surface area (Å²) < 4.78 is 8.63. The summed E-state index contributed by atoms with van der Waals surface area (Å²) in [6.07, 6.45) is 0. The zero-order chi connectivity index (χ0) is 27.9. The van der Waals surface area contributed by atoms with Gasteiger partial charge in [0.25, 0.3) is 0 Å². The maximum atomic E-state index is 10.6. The van der Waals surface area contributed by atoms with E-state index in [1.165, 1.54) is 20.2 Å². The molecule has 0 unspecified atom stereocenters. The molecular weight excluding hydrogens is 511 g/mol. The third-order valence-corrected chi connectivity index (χ3v) is 8.89. The Labute approximate surface area is 239 Å². The fraction of sp³-hybridized carbons (Fsp3) is 0.176. The van der Waals surface area contributed by atoms with Crippen molar-refractivity contribution in [2.75, 3.05) is 0 Å². The summed E-state index contributed by atoms with van der Waals surface area (Å²) in [6.45, 7) is 7.43. The van der Waals surface area contributed by atoms with Crippen molar-refractivity contribution in [1.29, 1.82) is 0 Å². The maximum Gasteiger partial charge on any atom is 0.310 e. The topological polar surface area (TPSA) is 55.2 Å². The van der Waals surface area contributed by atoms with Crippen LogP contribution < -0.4 is 5.46 Å². The maximum absolute atomic E-state index is 10.6. The standard InChI is InChI=1S/C34H31BN2O2S/c1-33(2,38)34(3,4)39-35-26-16-11-17-29-31(26)25-19-18-24(20-30(25)40-29)32-36-27(22-12-7-5-8-13-22)21-28(37-32)23-14-9-6-10-15-23/h5-21,35,38H,1-4H3. The Kier molecular flexibility index (Phi) is 6.79. The molecule has 0 fully saturated rings. The van der Waals surface area contributed by atoms with Gasteiger partial charge in [0.05, 0.1) is 22.6 Å². The molecule has 0 radical (unpaired) electrons. The highest BCUT2D eigenvalue weighted by Gasteiger charge is 2.35. The smallest absolute Gasteiger partial charge is 0.310 e. The number of aliphatic hydroxyl groups is 1. The van der Waals surface area contributed by atoms with Crippen LogP contribution in [0.15, 0.2) is 103 Å². The Morgan fingerprint density at radius 3 is 1.90 bits per heavy atom. The number of hydrogen-bond donors (Lipinski definition) is 1. The van der Waals surface area contributed by atoms with Crippen LogP contribution in [0.1, 0.15) is 27.7 Å². The van der Waals surface area contributed by atoms with E-state index >= 15 is 0 Å².